The van der Waals surface area contributed by atoms with Crippen molar-refractivity contribution in [3.05, 3.63) is 11.8 Å². The van der Waals surface area contributed by atoms with E-state index in [0.717, 1.165) is 0 Å². The van der Waals surface area contributed by atoms with E-state index in [-0.39, 0.29) is 12.3 Å². The highest BCUT2D eigenvalue weighted by atomic mass is 16.5. The van der Waals surface area contributed by atoms with Gasteiger partial charge in [0.25, 0.3) is 0 Å². The molecule has 4 nitrogen and oxygen atoms in total. The summed E-state index contributed by atoms with van der Waals surface area (Å²) in [6.07, 6.45) is 0.251. The largest absolute Gasteiger partial charge is 0.368 e. The van der Waals surface area contributed by atoms with E-state index in [4.69, 9.17) is 11.0 Å². The zero-order valence-electron chi connectivity index (χ0n) is 4.66. The predicted molar refractivity (Wildman–Crippen MR) is 30.2 cm³/mol. The van der Waals surface area contributed by atoms with Crippen LogP contribution in [0.15, 0.2) is 10.6 Å². The Morgan fingerprint density at radius 3 is 3.11 bits per heavy atom. The Labute approximate surface area is 51.9 Å². The van der Waals surface area contributed by atoms with Crippen molar-refractivity contribution in [2.24, 2.45) is 0 Å². The van der Waals surface area contributed by atoms with E-state index in [1.54, 1.807) is 0 Å². The molecule has 0 aliphatic rings. The van der Waals surface area contributed by atoms with Crippen LogP contribution < -0.4 is 5.73 Å². The summed E-state index contributed by atoms with van der Waals surface area (Å²) in [6.45, 7) is 0. The van der Waals surface area contributed by atoms with Crippen LogP contribution >= 0.6 is 0 Å². The van der Waals surface area contributed by atoms with Crippen molar-refractivity contribution in [3.63, 3.8) is 0 Å². The molecule has 46 valence electrons. The summed E-state index contributed by atoms with van der Waals surface area (Å²) in [4.78, 5) is 0. The minimum Gasteiger partial charge on any atom is -0.368 e. The molecule has 1 heterocycles. The molecule has 9 heavy (non-hydrogen) atoms. The van der Waals surface area contributed by atoms with Gasteiger partial charge in [-0.1, -0.05) is 5.16 Å². The van der Waals surface area contributed by atoms with Crippen LogP contribution in [0.1, 0.15) is 5.69 Å². The molecule has 0 atom stereocenters. The zero-order chi connectivity index (χ0) is 6.69. The second-order valence-corrected chi connectivity index (χ2v) is 1.56. The molecule has 2 N–H and O–H groups in total. The fourth-order valence-corrected chi connectivity index (χ4v) is 0.493. The molecular formula is C5H5N3O. The van der Waals surface area contributed by atoms with E-state index < -0.39 is 0 Å². The Kier molecular flexibility index (Phi) is 1.36. The Morgan fingerprint density at radius 1 is 1.89 bits per heavy atom. The molecule has 0 saturated carbocycles. The van der Waals surface area contributed by atoms with Crippen LogP contribution in [0, 0.1) is 11.3 Å². The second-order valence-electron chi connectivity index (χ2n) is 1.56. The summed E-state index contributed by atoms with van der Waals surface area (Å²) >= 11 is 0. The third kappa shape index (κ3) is 1.19. The van der Waals surface area contributed by atoms with Crippen LogP contribution in [0.25, 0.3) is 0 Å². The Balaban J connectivity index is 2.76. The minimum absolute atomic E-state index is 0.250. The maximum atomic E-state index is 8.16. The standard InChI is InChI=1S/C5H5N3O/c6-2-1-4-3-5(7)9-8-4/h3H,1,7H2. The third-order valence-corrected chi connectivity index (χ3v) is 0.837. The number of hydrogen-bond donors (Lipinski definition) is 1. The first-order valence-electron chi connectivity index (χ1n) is 2.41. The minimum atomic E-state index is 0.250. The van der Waals surface area contributed by atoms with Crippen LogP contribution in [0.5, 0.6) is 0 Å². The Bertz CT molecular complexity index is 235. The number of nitriles is 1. The van der Waals surface area contributed by atoms with Gasteiger partial charge in [0.05, 0.1) is 18.2 Å². The molecule has 0 saturated heterocycles. The highest BCUT2D eigenvalue weighted by Crippen LogP contribution is 2.03. The normalized spacial score (nSPS) is 8.78. The molecule has 4 heteroatoms. The lowest BCUT2D eigenvalue weighted by Gasteiger charge is -1.72. The maximum Gasteiger partial charge on any atom is 0.222 e. The van der Waals surface area contributed by atoms with E-state index in [0.29, 0.717) is 5.69 Å². The predicted octanol–water partition coefficient (Wildman–Crippen LogP) is 0.323. The lowest BCUT2D eigenvalue weighted by atomic mass is 10.3. The van der Waals surface area contributed by atoms with Crippen molar-refractivity contribution >= 4 is 5.88 Å². The van der Waals surface area contributed by atoms with Crippen molar-refractivity contribution < 1.29 is 4.52 Å². The van der Waals surface area contributed by atoms with Gasteiger partial charge in [-0.25, -0.2) is 0 Å². The van der Waals surface area contributed by atoms with Crippen LogP contribution in [0.3, 0.4) is 0 Å². The quantitative estimate of drug-likeness (QED) is 0.583. The molecule has 0 unspecified atom stereocenters. The van der Waals surface area contributed by atoms with Crippen LogP contribution in [-0.2, 0) is 6.42 Å². The van der Waals surface area contributed by atoms with Crippen molar-refractivity contribution in [3.8, 4) is 6.07 Å². The number of nitrogens with two attached hydrogens (primary N) is 1. The van der Waals surface area contributed by atoms with Crippen molar-refractivity contribution in [2.45, 2.75) is 6.42 Å². The van der Waals surface area contributed by atoms with E-state index in [9.17, 15) is 0 Å². The van der Waals surface area contributed by atoms with Crippen LogP contribution in [-0.4, -0.2) is 5.16 Å². The molecule has 0 spiro atoms. The SMILES string of the molecule is N#CCc1cc(N)on1. The number of hydrogen-bond acceptors (Lipinski definition) is 4. The highest BCUT2D eigenvalue weighted by molar-refractivity contribution is 5.25. The highest BCUT2D eigenvalue weighted by Gasteiger charge is 1.96. The molecule has 0 aliphatic carbocycles. The van der Waals surface area contributed by atoms with Gasteiger partial charge in [0.1, 0.15) is 0 Å². The Hall–Kier alpha value is -1.50. The molecule has 0 amide bonds. The first-order valence-corrected chi connectivity index (χ1v) is 2.41. The number of anilines is 1. The van der Waals surface area contributed by atoms with Gasteiger partial charge in [-0.15, -0.1) is 0 Å². The van der Waals surface area contributed by atoms with Gasteiger partial charge in [0, 0.05) is 6.07 Å². The molecule has 0 radical (unpaired) electrons. The third-order valence-electron chi connectivity index (χ3n) is 0.837. The molecule has 0 bridgehead atoms. The van der Waals surface area contributed by atoms with Gasteiger partial charge >= 0.3 is 0 Å². The van der Waals surface area contributed by atoms with Crippen LogP contribution in [0.2, 0.25) is 0 Å². The smallest absolute Gasteiger partial charge is 0.222 e. The summed E-state index contributed by atoms with van der Waals surface area (Å²) in [5, 5.41) is 11.6. The Morgan fingerprint density at radius 2 is 2.67 bits per heavy atom. The maximum absolute atomic E-state index is 8.16. The second kappa shape index (κ2) is 2.18. The summed E-state index contributed by atoms with van der Waals surface area (Å²) in [7, 11) is 0. The zero-order valence-corrected chi connectivity index (χ0v) is 4.66. The van der Waals surface area contributed by atoms with Gasteiger partial charge in [0.2, 0.25) is 5.88 Å². The molecule has 0 aromatic carbocycles. The van der Waals surface area contributed by atoms with Crippen molar-refractivity contribution in [2.75, 3.05) is 5.73 Å². The first kappa shape index (κ1) is 5.63. The number of aromatic nitrogens is 1. The lowest BCUT2D eigenvalue weighted by Crippen LogP contribution is -1.78. The molecule has 1 aromatic heterocycles. The molecule has 1 rings (SSSR count). The fraction of sp³-hybridized carbons (Fsp3) is 0.200. The van der Waals surface area contributed by atoms with Gasteiger partial charge in [-0.05, 0) is 0 Å². The summed E-state index contributed by atoms with van der Waals surface area (Å²) in [6, 6.07) is 3.45. The van der Waals surface area contributed by atoms with Crippen molar-refractivity contribution in [1.29, 1.82) is 5.26 Å². The lowest BCUT2D eigenvalue weighted by molar-refractivity contribution is 0.429. The van der Waals surface area contributed by atoms with Gasteiger partial charge < -0.3 is 10.3 Å². The van der Waals surface area contributed by atoms with Gasteiger partial charge in [-0.2, -0.15) is 5.26 Å². The summed E-state index contributed by atoms with van der Waals surface area (Å²) < 4.78 is 4.49. The van der Waals surface area contributed by atoms with E-state index in [2.05, 4.69) is 9.68 Å². The van der Waals surface area contributed by atoms with E-state index >= 15 is 0 Å². The topological polar surface area (TPSA) is 75.8 Å². The molecular weight excluding hydrogens is 118 g/mol. The van der Waals surface area contributed by atoms with Gasteiger partial charge in [0.15, 0.2) is 0 Å². The molecule has 0 fully saturated rings. The van der Waals surface area contributed by atoms with Crippen molar-refractivity contribution in [1.82, 2.24) is 5.16 Å². The monoisotopic (exact) mass is 123 g/mol. The average molecular weight is 123 g/mol. The number of nitrogens with zero attached hydrogens (tertiary/aromatic N) is 2. The number of rotatable bonds is 1. The first-order chi connectivity index (χ1) is 4.33. The fourth-order valence-electron chi connectivity index (χ4n) is 0.493. The molecule has 0 aliphatic heterocycles. The summed E-state index contributed by atoms with van der Waals surface area (Å²) in [5.41, 5.74) is 5.75. The van der Waals surface area contributed by atoms with E-state index in [1.165, 1.54) is 6.07 Å². The average Bonchev–Trinajstić information content (AvgIpc) is 2.17. The van der Waals surface area contributed by atoms with Crippen LogP contribution in [0.4, 0.5) is 5.88 Å². The number of nitrogen functional groups attached to an aromatic ring is 1. The van der Waals surface area contributed by atoms with E-state index in [1.807, 2.05) is 6.07 Å². The summed E-state index contributed by atoms with van der Waals surface area (Å²) in [5.74, 6) is 0.250. The van der Waals surface area contributed by atoms with Gasteiger partial charge in [-0.3, -0.25) is 0 Å². The molecule has 1 aromatic rings.